The molecular weight excluding hydrogens is 268 g/mol. The number of hydrogen-bond acceptors (Lipinski definition) is 2. The number of nitrogens with one attached hydrogen (secondary N) is 1. The van der Waals surface area contributed by atoms with E-state index >= 15 is 0 Å². The minimum atomic E-state index is -0.0571. The van der Waals surface area contributed by atoms with Gasteiger partial charge in [0.05, 0.1) is 6.21 Å². The number of halogens is 1. The topological polar surface area (TPSA) is 41.5 Å². The van der Waals surface area contributed by atoms with Crippen molar-refractivity contribution in [2.45, 2.75) is 20.3 Å². The summed E-state index contributed by atoms with van der Waals surface area (Å²) in [5.41, 5.74) is 3.44. The van der Waals surface area contributed by atoms with Gasteiger partial charge >= 0.3 is 0 Å². The van der Waals surface area contributed by atoms with Gasteiger partial charge in [-0.1, -0.05) is 48.0 Å². The molecule has 0 aliphatic rings. The van der Waals surface area contributed by atoms with Gasteiger partial charge in [-0.3, -0.25) is 4.79 Å². The molecular formula is C12H15BrN2O. The molecule has 1 amide bonds. The molecule has 1 aromatic carbocycles. The minimum Gasteiger partial charge on any atom is -0.273 e. The highest BCUT2D eigenvalue weighted by Gasteiger charge is 2.02. The lowest BCUT2D eigenvalue weighted by atomic mass is 10.1. The Kier molecular flexibility index (Phi) is 5.19. The molecule has 16 heavy (non-hydrogen) atoms. The first kappa shape index (κ1) is 12.9. The van der Waals surface area contributed by atoms with Gasteiger partial charge in [0.2, 0.25) is 5.91 Å². The fourth-order valence-corrected chi connectivity index (χ4v) is 1.56. The third-order valence-electron chi connectivity index (χ3n) is 1.89. The lowest BCUT2D eigenvalue weighted by molar-refractivity contribution is -0.121. The molecule has 4 heteroatoms. The predicted octanol–water partition coefficient (Wildman–Crippen LogP) is 2.95. The molecule has 1 rings (SSSR count). The Balaban J connectivity index is 2.49. The zero-order valence-electron chi connectivity index (χ0n) is 9.40. The van der Waals surface area contributed by atoms with Gasteiger partial charge < -0.3 is 0 Å². The highest BCUT2D eigenvalue weighted by atomic mass is 79.9. The van der Waals surface area contributed by atoms with Crippen molar-refractivity contribution in [2.24, 2.45) is 11.0 Å². The number of hydrazone groups is 1. The maximum Gasteiger partial charge on any atom is 0.240 e. The van der Waals surface area contributed by atoms with Crippen molar-refractivity contribution in [3.8, 4) is 0 Å². The van der Waals surface area contributed by atoms with Gasteiger partial charge in [-0.15, -0.1) is 0 Å². The highest BCUT2D eigenvalue weighted by molar-refractivity contribution is 9.10. The van der Waals surface area contributed by atoms with Gasteiger partial charge in [0.1, 0.15) is 0 Å². The molecule has 0 saturated heterocycles. The number of nitrogens with zero attached hydrogens (tertiary/aromatic N) is 1. The van der Waals surface area contributed by atoms with Crippen LogP contribution in [0.25, 0.3) is 0 Å². The second-order valence-electron chi connectivity index (χ2n) is 3.91. The summed E-state index contributed by atoms with van der Waals surface area (Å²) in [4.78, 5) is 11.3. The zero-order valence-corrected chi connectivity index (χ0v) is 11.0. The van der Waals surface area contributed by atoms with Crippen LogP contribution in [0.5, 0.6) is 0 Å². The van der Waals surface area contributed by atoms with Crippen molar-refractivity contribution < 1.29 is 4.79 Å². The summed E-state index contributed by atoms with van der Waals surface area (Å²) in [5.74, 6) is 0.289. The van der Waals surface area contributed by atoms with Gasteiger partial charge in [-0.25, -0.2) is 5.43 Å². The van der Waals surface area contributed by atoms with Crippen molar-refractivity contribution in [2.75, 3.05) is 0 Å². The Bertz CT molecular complexity index is 388. The summed E-state index contributed by atoms with van der Waals surface area (Å²) in [7, 11) is 0. The first-order valence-corrected chi connectivity index (χ1v) is 5.95. The normalized spacial score (nSPS) is 11.0. The predicted molar refractivity (Wildman–Crippen MR) is 69.3 cm³/mol. The number of hydrogen-bond donors (Lipinski definition) is 1. The molecule has 0 atom stereocenters. The molecule has 0 bridgehead atoms. The summed E-state index contributed by atoms with van der Waals surface area (Å²) in [5, 5.41) is 3.90. The second-order valence-corrected chi connectivity index (χ2v) is 4.77. The molecule has 1 N–H and O–H groups in total. The molecule has 0 saturated carbocycles. The van der Waals surface area contributed by atoms with Gasteiger partial charge in [0, 0.05) is 16.5 Å². The Hall–Kier alpha value is -1.16. The van der Waals surface area contributed by atoms with Crippen molar-refractivity contribution >= 4 is 28.1 Å². The Morgan fingerprint density at radius 2 is 2.19 bits per heavy atom. The molecule has 3 nitrogen and oxygen atoms in total. The summed E-state index contributed by atoms with van der Waals surface area (Å²) in [6.45, 7) is 3.99. The Morgan fingerprint density at radius 3 is 2.81 bits per heavy atom. The van der Waals surface area contributed by atoms with Crippen molar-refractivity contribution in [3.05, 3.63) is 34.3 Å². The number of amides is 1. The molecule has 0 spiro atoms. The smallest absolute Gasteiger partial charge is 0.240 e. The van der Waals surface area contributed by atoms with Crippen LogP contribution in [0.15, 0.2) is 33.8 Å². The van der Waals surface area contributed by atoms with Crippen LogP contribution in [-0.4, -0.2) is 12.1 Å². The third kappa shape index (κ3) is 4.57. The van der Waals surface area contributed by atoms with Crippen LogP contribution in [0.3, 0.4) is 0 Å². The first-order chi connectivity index (χ1) is 7.59. The standard InChI is InChI=1S/C12H15BrN2O/c1-9(2)7-12(16)15-14-8-10-5-3-4-6-11(10)13/h3-6,8-9H,7H2,1-2H3,(H,15,16)/b14-8-. The fourth-order valence-electron chi connectivity index (χ4n) is 1.17. The van der Waals surface area contributed by atoms with Crippen LogP contribution >= 0.6 is 15.9 Å². The SMILES string of the molecule is CC(C)CC(=O)N/N=C\c1ccccc1Br. The van der Waals surface area contributed by atoms with Crippen LogP contribution in [0, 0.1) is 5.92 Å². The molecule has 0 aliphatic heterocycles. The average molecular weight is 283 g/mol. The van der Waals surface area contributed by atoms with Crippen molar-refractivity contribution in [1.82, 2.24) is 5.43 Å². The summed E-state index contributed by atoms with van der Waals surface area (Å²) in [6, 6.07) is 7.69. The van der Waals surface area contributed by atoms with E-state index in [1.165, 1.54) is 0 Å². The molecule has 0 radical (unpaired) electrons. The lowest BCUT2D eigenvalue weighted by Gasteiger charge is -2.02. The van der Waals surface area contributed by atoms with E-state index in [1.807, 2.05) is 38.1 Å². The van der Waals surface area contributed by atoms with E-state index in [-0.39, 0.29) is 5.91 Å². The van der Waals surface area contributed by atoms with Crippen LogP contribution in [0.1, 0.15) is 25.8 Å². The number of rotatable bonds is 4. The van der Waals surface area contributed by atoms with Crippen LogP contribution in [0.2, 0.25) is 0 Å². The van der Waals surface area contributed by atoms with Crippen LogP contribution < -0.4 is 5.43 Å². The van der Waals surface area contributed by atoms with Crippen LogP contribution in [-0.2, 0) is 4.79 Å². The lowest BCUT2D eigenvalue weighted by Crippen LogP contribution is -2.19. The first-order valence-electron chi connectivity index (χ1n) is 5.16. The molecule has 0 aromatic heterocycles. The monoisotopic (exact) mass is 282 g/mol. The summed E-state index contributed by atoms with van der Waals surface area (Å²) in [6.07, 6.45) is 2.12. The quantitative estimate of drug-likeness (QED) is 0.670. The van der Waals surface area contributed by atoms with E-state index < -0.39 is 0 Å². The zero-order chi connectivity index (χ0) is 12.0. The second kappa shape index (κ2) is 6.43. The van der Waals surface area contributed by atoms with Crippen LogP contribution in [0.4, 0.5) is 0 Å². The van der Waals surface area contributed by atoms with E-state index in [4.69, 9.17) is 0 Å². The van der Waals surface area contributed by atoms with E-state index in [0.717, 1.165) is 10.0 Å². The van der Waals surface area contributed by atoms with Crippen molar-refractivity contribution in [3.63, 3.8) is 0 Å². The molecule has 1 aromatic rings. The molecule has 0 heterocycles. The molecule has 86 valence electrons. The van der Waals surface area contributed by atoms with Gasteiger partial charge in [0.25, 0.3) is 0 Å². The van der Waals surface area contributed by atoms with E-state index in [0.29, 0.717) is 12.3 Å². The van der Waals surface area contributed by atoms with Gasteiger partial charge in [-0.2, -0.15) is 5.10 Å². The maximum atomic E-state index is 11.3. The highest BCUT2D eigenvalue weighted by Crippen LogP contribution is 2.13. The summed E-state index contributed by atoms with van der Waals surface area (Å²) < 4.78 is 0.955. The largest absolute Gasteiger partial charge is 0.273 e. The summed E-state index contributed by atoms with van der Waals surface area (Å²) >= 11 is 3.40. The maximum absolute atomic E-state index is 11.3. The van der Waals surface area contributed by atoms with E-state index in [2.05, 4.69) is 26.5 Å². The van der Waals surface area contributed by atoms with Gasteiger partial charge in [-0.05, 0) is 12.0 Å². The Labute approximate surface area is 104 Å². The van der Waals surface area contributed by atoms with E-state index in [9.17, 15) is 4.79 Å². The van der Waals surface area contributed by atoms with Crippen molar-refractivity contribution in [1.29, 1.82) is 0 Å². The molecule has 0 fully saturated rings. The number of benzene rings is 1. The molecule has 0 aliphatic carbocycles. The number of carbonyl (C=O) groups is 1. The average Bonchev–Trinajstić information content (AvgIpc) is 2.19. The number of carbonyl (C=O) groups excluding carboxylic acids is 1. The fraction of sp³-hybridized carbons (Fsp3) is 0.333. The minimum absolute atomic E-state index is 0.0571. The third-order valence-corrected chi connectivity index (χ3v) is 2.61. The van der Waals surface area contributed by atoms with Gasteiger partial charge in [0.15, 0.2) is 0 Å². The Morgan fingerprint density at radius 1 is 1.50 bits per heavy atom. The molecule has 0 unspecified atom stereocenters. The van der Waals surface area contributed by atoms with E-state index in [1.54, 1.807) is 6.21 Å².